The zero-order valence-electron chi connectivity index (χ0n) is 39.5. The Morgan fingerprint density at radius 3 is 1.91 bits per heavy atom. The number of hydrogen-bond donors (Lipinski definition) is 0. The highest BCUT2D eigenvalue weighted by atomic mass is 15.2. The van der Waals surface area contributed by atoms with Crippen LogP contribution in [0.3, 0.4) is 0 Å². The van der Waals surface area contributed by atoms with Gasteiger partial charge in [-0.1, -0.05) is 204 Å². The van der Waals surface area contributed by atoms with Gasteiger partial charge < -0.3 is 9.47 Å². The summed E-state index contributed by atoms with van der Waals surface area (Å²) in [6, 6.07) is 66.0. The Bertz CT molecular complexity index is 3230. The highest BCUT2D eigenvalue weighted by molar-refractivity contribution is 6.09. The van der Waals surface area contributed by atoms with Crippen molar-refractivity contribution in [3.05, 3.63) is 227 Å². The highest BCUT2D eigenvalue weighted by Gasteiger charge is 2.63. The summed E-state index contributed by atoms with van der Waals surface area (Å²) in [6.07, 6.45) is 17.3. The Balaban J connectivity index is 0.977. The summed E-state index contributed by atoms with van der Waals surface area (Å²) in [4.78, 5) is 2.69. The lowest BCUT2D eigenvalue weighted by Gasteiger charge is -2.51. The van der Waals surface area contributed by atoms with Gasteiger partial charge in [0.25, 0.3) is 0 Å². The molecule has 2 fully saturated rings. The number of rotatable bonds is 7. The molecular formula is C65H62N2. The molecule has 2 unspecified atom stereocenters. The number of para-hydroxylation sites is 1. The van der Waals surface area contributed by atoms with Crippen molar-refractivity contribution in [3.63, 3.8) is 0 Å². The second-order valence-corrected chi connectivity index (χ2v) is 21.4. The van der Waals surface area contributed by atoms with Crippen molar-refractivity contribution in [3.8, 4) is 11.1 Å². The van der Waals surface area contributed by atoms with Crippen molar-refractivity contribution in [1.29, 1.82) is 0 Å². The van der Waals surface area contributed by atoms with Crippen LogP contribution in [0.2, 0.25) is 0 Å². The van der Waals surface area contributed by atoms with E-state index >= 15 is 0 Å². The molecule has 0 bridgehead atoms. The molecule has 0 radical (unpaired) electrons. The van der Waals surface area contributed by atoms with E-state index < -0.39 is 0 Å². The van der Waals surface area contributed by atoms with Crippen molar-refractivity contribution in [1.82, 2.24) is 4.57 Å². The zero-order chi connectivity index (χ0) is 44.9. The zero-order valence-corrected chi connectivity index (χ0v) is 39.5. The minimum Gasteiger partial charge on any atom is -0.337 e. The lowest BCUT2D eigenvalue weighted by molar-refractivity contribution is 0.125. The molecule has 5 aliphatic rings. The molecule has 2 nitrogen and oxygen atoms in total. The van der Waals surface area contributed by atoms with Crippen LogP contribution in [0.1, 0.15) is 124 Å². The van der Waals surface area contributed by atoms with Gasteiger partial charge in [0.05, 0.1) is 11.2 Å². The fraction of sp³-hybridized carbons (Fsp3) is 0.292. The van der Waals surface area contributed by atoms with Gasteiger partial charge in [-0.2, -0.15) is 0 Å². The second kappa shape index (κ2) is 15.6. The van der Waals surface area contributed by atoms with Gasteiger partial charge in [-0.05, 0) is 125 Å². The Morgan fingerprint density at radius 1 is 0.507 bits per heavy atom. The van der Waals surface area contributed by atoms with Crippen LogP contribution in [0.4, 0.5) is 11.4 Å². The van der Waals surface area contributed by atoms with Crippen LogP contribution in [-0.2, 0) is 16.2 Å². The molecule has 7 aromatic carbocycles. The molecule has 332 valence electrons. The molecule has 3 atom stereocenters. The van der Waals surface area contributed by atoms with Gasteiger partial charge in [0.2, 0.25) is 0 Å². The van der Waals surface area contributed by atoms with Crippen LogP contribution >= 0.6 is 0 Å². The van der Waals surface area contributed by atoms with Crippen molar-refractivity contribution < 1.29 is 0 Å². The standard InChI is InChI=1S/C65H62N2/c1-63(2)55-30-15-13-27-50(55)53-29-19-35-59(62(53)63)66(49-41-42-52-51-28-14-18-34-58(51)67(60(52)43-49)47-25-11-6-12-26-47)48-39-37-44(38-40-48)54-33-20-36-61-64(54,3)56-31-16-17-32-57(56)65(61,45-21-7-4-8-22-45)46-23-9-5-10-24-46/h4-5,7-10,13-19,21-24,27-32,34-35,37,39,41-43,47,54,61H,6,11-12,20,25-26,33,36,38,40H2,1-3H3/t54-,61?,64?/m0/s1. The molecule has 0 spiro atoms. The molecule has 0 saturated heterocycles. The quantitative estimate of drug-likeness (QED) is 0.155. The van der Waals surface area contributed by atoms with E-state index in [1.54, 1.807) is 11.1 Å². The van der Waals surface area contributed by atoms with Crippen LogP contribution in [0, 0.1) is 11.8 Å². The molecule has 1 heterocycles. The third kappa shape index (κ3) is 5.87. The molecule has 2 saturated carbocycles. The average Bonchev–Trinajstić information content (AvgIpc) is 3.94. The maximum absolute atomic E-state index is 2.73. The van der Waals surface area contributed by atoms with Crippen LogP contribution < -0.4 is 4.90 Å². The third-order valence-corrected chi connectivity index (χ3v) is 17.9. The van der Waals surface area contributed by atoms with Crippen molar-refractivity contribution >= 4 is 33.2 Å². The number of aromatic nitrogens is 1. The number of benzene rings is 7. The van der Waals surface area contributed by atoms with E-state index in [-0.39, 0.29) is 16.2 Å². The second-order valence-electron chi connectivity index (χ2n) is 21.4. The molecular weight excluding hydrogens is 809 g/mol. The summed E-state index contributed by atoms with van der Waals surface area (Å²) < 4.78 is 2.73. The normalized spacial score (nSPS) is 22.7. The van der Waals surface area contributed by atoms with Crippen LogP contribution in [0.25, 0.3) is 32.9 Å². The predicted octanol–water partition coefficient (Wildman–Crippen LogP) is 17.1. The van der Waals surface area contributed by atoms with Crippen LogP contribution in [0.5, 0.6) is 0 Å². The Hall–Kier alpha value is -6.38. The molecule has 0 N–H and O–H groups in total. The minimum atomic E-state index is -0.212. The Morgan fingerprint density at radius 2 is 1.16 bits per heavy atom. The van der Waals surface area contributed by atoms with Gasteiger partial charge in [0.1, 0.15) is 0 Å². The van der Waals surface area contributed by atoms with E-state index in [2.05, 4.69) is 212 Å². The van der Waals surface area contributed by atoms with Gasteiger partial charge in [0, 0.05) is 50.0 Å². The molecule has 1 aromatic heterocycles. The number of allylic oxidation sites excluding steroid dienone is 4. The van der Waals surface area contributed by atoms with E-state index in [4.69, 9.17) is 0 Å². The highest BCUT2D eigenvalue weighted by Crippen LogP contribution is 2.67. The number of anilines is 2. The summed E-state index contributed by atoms with van der Waals surface area (Å²) in [6.45, 7) is 7.55. The lowest BCUT2D eigenvalue weighted by atomic mass is 9.52. The lowest BCUT2D eigenvalue weighted by Crippen LogP contribution is -2.48. The van der Waals surface area contributed by atoms with Crippen LogP contribution in [-0.4, -0.2) is 4.57 Å². The van der Waals surface area contributed by atoms with Crippen molar-refractivity contribution in [2.45, 2.75) is 107 Å². The fourth-order valence-electron chi connectivity index (χ4n) is 15.2. The van der Waals surface area contributed by atoms with Gasteiger partial charge in [-0.15, -0.1) is 0 Å². The van der Waals surface area contributed by atoms with Crippen molar-refractivity contribution in [2.75, 3.05) is 4.90 Å². The van der Waals surface area contributed by atoms with Gasteiger partial charge in [-0.25, -0.2) is 0 Å². The maximum atomic E-state index is 2.73. The van der Waals surface area contributed by atoms with Gasteiger partial charge in [-0.3, -0.25) is 0 Å². The monoisotopic (exact) mass is 870 g/mol. The fourth-order valence-corrected chi connectivity index (χ4v) is 15.2. The molecule has 0 amide bonds. The first kappa shape index (κ1) is 40.9. The van der Waals surface area contributed by atoms with Crippen LogP contribution in [0.15, 0.2) is 193 Å². The summed E-state index contributed by atoms with van der Waals surface area (Å²) in [5.41, 5.74) is 19.5. The average molecular weight is 871 g/mol. The topological polar surface area (TPSA) is 8.17 Å². The third-order valence-electron chi connectivity index (χ3n) is 17.9. The molecule has 13 rings (SSSR count). The number of fused-ring (bicyclic) bond motifs is 9. The Labute approximate surface area is 397 Å². The number of hydrogen-bond acceptors (Lipinski definition) is 1. The smallest absolute Gasteiger partial charge is 0.0515 e. The SMILES string of the molecule is CC1(C)c2ccccc2-c2cccc(N(C3=CC=C([C@@H]4CCCC5C(c6ccccc6)(c6ccccc6)c6ccccc6C54C)CC3)c3ccc4c5ccccc5n(C5CCCCC5)c4c3)c21. The van der Waals surface area contributed by atoms with E-state index in [1.165, 1.54) is 129 Å². The summed E-state index contributed by atoms with van der Waals surface area (Å²) in [5.74, 6) is 0.882. The molecule has 5 aliphatic carbocycles. The molecule has 67 heavy (non-hydrogen) atoms. The molecule has 0 aliphatic heterocycles. The molecule has 8 aromatic rings. The van der Waals surface area contributed by atoms with Gasteiger partial charge in [0.15, 0.2) is 0 Å². The minimum absolute atomic E-state index is 0.0228. The summed E-state index contributed by atoms with van der Waals surface area (Å²) in [5, 5.41) is 2.74. The first-order valence-corrected chi connectivity index (χ1v) is 25.6. The van der Waals surface area contributed by atoms with E-state index in [9.17, 15) is 0 Å². The summed E-state index contributed by atoms with van der Waals surface area (Å²) in [7, 11) is 0. The largest absolute Gasteiger partial charge is 0.337 e. The Kier molecular flexibility index (Phi) is 9.51. The van der Waals surface area contributed by atoms with Gasteiger partial charge >= 0.3 is 0 Å². The molecule has 2 heteroatoms. The predicted molar refractivity (Wildman–Crippen MR) is 281 cm³/mol. The van der Waals surface area contributed by atoms with E-state index in [0.717, 1.165) is 12.8 Å². The first-order chi connectivity index (χ1) is 32.9. The van der Waals surface area contributed by atoms with E-state index in [1.807, 2.05) is 0 Å². The summed E-state index contributed by atoms with van der Waals surface area (Å²) >= 11 is 0. The number of nitrogens with zero attached hydrogens (tertiary/aromatic N) is 2. The van der Waals surface area contributed by atoms with Crippen molar-refractivity contribution in [2.24, 2.45) is 11.8 Å². The first-order valence-electron chi connectivity index (χ1n) is 25.6. The van der Waals surface area contributed by atoms with E-state index in [0.29, 0.717) is 17.9 Å². The maximum Gasteiger partial charge on any atom is 0.0515 e.